The fourth-order valence-corrected chi connectivity index (χ4v) is 3.43. The third-order valence-corrected chi connectivity index (χ3v) is 5.40. The van der Waals surface area contributed by atoms with Crippen molar-refractivity contribution in [1.29, 1.82) is 0 Å². The standard InChI is InChI=1S/C20H18Cl2N4O4/c1-3-24(4-2)17-8-5-12(10-18(17)26(29)30)9-14-19(27)23-25(20(14)28)13-6-7-15(21)16(22)11-13/h5-11H,3-4H2,1-2H3,(H,23,27). The van der Waals surface area contributed by atoms with Crippen LogP contribution in [0.4, 0.5) is 17.1 Å². The molecular formula is C20H18Cl2N4O4. The van der Waals surface area contributed by atoms with Crippen LogP contribution >= 0.6 is 23.2 Å². The molecule has 1 fully saturated rings. The number of carbonyl (C=O) groups is 2. The van der Waals surface area contributed by atoms with E-state index in [1.165, 1.54) is 24.3 Å². The van der Waals surface area contributed by atoms with E-state index in [4.69, 9.17) is 23.2 Å². The van der Waals surface area contributed by atoms with Crippen LogP contribution in [0.1, 0.15) is 19.4 Å². The maximum absolute atomic E-state index is 12.8. The minimum atomic E-state index is -0.624. The van der Waals surface area contributed by atoms with Gasteiger partial charge in [-0.05, 0) is 49.8 Å². The molecule has 8 nitrogen and oxygen atoms in total. The van der Waals surface area contributed by atoms with E-state index in [2.05, 4.69) is 5.43 Å². The van der Waals surface area contributed by atoms with Gasteiger partial charge in [0.25, 0.3) is 17.5 Å². The van der Waals surface area contributed by atoms with Crippen molar-refractivity contribution in [2.24, 2.45) is 0 Å². The normalized spacial score (nSPS) is 14.9. The van der Waals surface area contributed by atoms with Crippen molar-refractivity contribution in [3.05, 3.63) is 67.7 Å². The predicted octanol–water partition coefficient (Wildman–Crippen LogP) is 4.21. The Hall–Kier alpha value is -3.10. The van der Waals surface area contributed by atoms with Gasteiger partial charge in [0.1, 0.15) is 11.3 Å². The highest BCUT2D eigenvalue weighted by Gasteiger charge is 2.35. The molecule has 0 unspecified atom stereocenters. The largest absolute Gasteiger partial charge is 0.367 e. The number of halogens is 2. The molecule has 0 aliphatic carbocycles. The van der Waals surface area contributed by atoms with Crippen LogP contribution < -0.4 is 15.3 Å². The summed E-state index contributed by atoms with van der Waals surface area (Å²) in [6.45, 7) is 5.03. The summed E-state index contributed by atoms with van der Waals surface area (Å²) in [7, 11) is 0. The van der Waals surface area contributed by atoms with Crippen molar-refractivity contribution in [3.63, 3.8) is 0 Å². The highest BCUT2D eigenvalue weighted by atomic mass is 35.5. The number of nitro benzene ring substituents is 1. The SMILES string of the molecule is CCN(CC)c1ccc(C=C2C(=O)NN(c3ccc(Cl)c(Cl)c3)C2=O)cc1[N+](=O)[O-]. The second-order valence-electron chi connectivity index (χ2n) is 6.42. The highest BCUT2D eigenvalue weighted by Crippen LogP contribution is 2.32. The molecule has 0 radical (unpaired) electrons. The van der Waals surface area contributed by atoms with Crippen LogP contribution in [0.15, 0.2) is 42.0 Å². The number of anilines is 2. The smallest absolute Gasteiger partial charge is 0.293 e. The van der Waals surface area contributed by atoms with Crippen molar-refractivity contribution >= 4 is 58.2 Å². The van der Waals surface area contributed by atoms with Gasteiger partial charge in [-0.1, -0.05) is 29.3 Å². The zero-order valence-electron chi connectivity index (χ0n) is 16.2. The zero-order valence-corrected chi connectivity index (χ0v) is 17.7. The summed E-state index contributed by atoms with van der Waals surface area (Å²) in [5.41, 5.74) is 3.40. The van der Waals surface area contributed by atoms with Crippen LogP contribution in [0, 0.1) is 10.1 Å². The number of benzene rings is 2. The number of amides is 2. The average Bonchev–Trinajstić information content (AvgIpc) is 3.00. The fraction of sp³-hybridized carbons (Fsp3) is 0.200. The van der Waals surface area contributed by atoms with Crippen LogP contribution in [0.2, 0.25) is 10.0 Å². The van der Waals surface area contributed by atoms with Crippen LogP contribution in [-0.2, 0) is 9.59 Å². The van der Waals surface area contributed by atoms with E-state index in [1.807, 2.05) is 18.7 Å². The lowest BCUT2D eigenvalue weighted by Crippen LogP contribution is -2.35. The molecule has 2 amide bonds. The predicted molar refractivity (Wildman–Crippen MR) is 117 cm³/mol. The maximum atomic E-state index is 12.8. The minimum absolute atomic E-state index is 0.0970. The van der Waals surface area contributed by atoms with Gasteiger partial charge in [0.15, 0.2) is 0 Å². The molecule has 2 aromatic rings. The van der Waals surface area contributed by atoms with Crippen LogP contribution in [0.3, 0.4) is 0 Å². The van der Waals surface area contributed by atoms with Crippen LogP contribution in [-0.4, -0.2) is 29.8 Å². The van der Waals surface area contributed by atoms with E-state index >= 15 is 0 Å². The monoisotopic (exact) mass is 448 g/mol. The lowest BCUT2D eigenvalue weighted by atomic mass is 10.1. The molecule has 10 heteroatoms. The number of hydrazine groups is 1. The lowest BCUT2D eigenvalue weighted by molar-refractivity contribution is -0.384. The number of hydrogen-bond acceptors (Lipinski definition) is 5. The van der Waals surface area contributed by atoms with Gasteiger partial charge in [0, 0.05) is 19.2 Å². The van der Waals surface area contributed by atoms with Gasteiger partial charge in [0.2, 0.25) is 0 Å². The van der Waals surface area contributed by atoms with Crippen molar-refractivity contribution in [2.75, 3.05) is 23.0 Å². The van der Waals surface area contributed by atoms with E-state index < -0.39 is 16.7 Å². The minimum Gasteiger partial charge on any atom is -0.367 e. The van der Waals surface area contributed by atoms with Gasteiger partial charge in [-0.3, -0.25) is 25.1 Å². The summed E-state index contributed by atoms with van der Waals surface area (Å²) in [5, 5.41) is 13.2. The van der Waals surface area contributed by atoms with Gasteiger partial charge in [-0.25, -0.2) is 5.01 Å². The number of rotatable bonds is 6. The summed E-state index contributed by atoms with van der Waals surface area (Å²) < 4.78 is 0. The van der Waals surface area contributed by atoms with Crippen LogP contribution in [0.5, 0.6) is 0 Å². The number of nitrogens with zero attached hydrogens (tertiary/aromatic N) is 3. The Balaban J connectivity index is 1.97. The Labute approximate surface area is 182 Å². The summed E-state index contributed by atoms with van der Waals surface area (Å²) in [6.07, 6.45) is 1.33. The second-order valence-corrected chi connectivity index (χ2v) is 7.23. The summed E-state index contributed by atoms with van der Waals surface area (Å²) in [5.74, 6) is -1.23. The number of nitrogens with one attached hydrogen (secondary N) is 1. The molecule has 30 heavy (non-hydrogen) atoms. The van der Waals surface area contributed by atoms with Crippen molar-refractivity contribution < 1.29 is 14.5 Å². The molecule has 0 aromatic heterocycles. The zero-order chi connectivity index (χ0) is 22.0. The van der Waals surface area contributed by atoms with E-state index in [-0.39, 0.29) is 16.3 Å². The number of nitro groups is 1. The Morgan fingerprint density at radius 3 is 2.40 bits per heavy atom. The fourth-order valence-electron chi connectivity index (χ4n) is 3.14. The molecule has 0 bridgehead atoms. The third kappa shape index (κ3) is 4.10. The molecule has 1 N–H and O–H groups in total. The first-order chi connectivity index (χ1) is 14.3. The van der Waals surface area contributed by atoms with Gasteiger partial charge in [-0.2, -0.15) is 0 Å². The Kier molecular flexibility index (Phi) is 6.28. The molecule has 0 atom stereocenters. The first-order valence-electron chi connectivity index (χ1n) is 9.12. The van der Waals surface area contributed by atoms with Crippen molar-refractivity contribution in [3.8, 4) is 0 Å². The van der Waals surface area contributed by atoms with E-state index in [0.717, 1.165) is 5.01 Å². The van der Waals surface area contributed by atoms with Gasteiger partial charge >= 0.3 is 0 Å². The molecule has 1 aliphatic rings. The molecule has 1 heterocycles. The van der Waals surface area contributed by atoms with E-state index in [9.17, 15) is 19.7 Å². The van der Waals surface area contributed by atoms with E-state index in [1.54, 1.807) is 18.2 Å². The van der Waals surface area contributed by atoms with Gasteiger partial charge in [0.05, 0.1) is 20.7 Å². The molecule has 2 aromatic carbocycles. The topological polar surface area (TPSA) is 95.8 Å². The second kappa shape index (κ2) is 8.73. The summed E-state index contributed by atoms with van der Waals surface area (Å²) >= 11 is 11.9. The molecule has 1 aliphatic heterocycles. The highest BCUT2D eigenvalue weighted by molar-refractivity contribution is 6.42. The first kappa shape index (κ1) is 21.6. The molecule has 156 valence electrons. The Bertz CT molecular complexity index is 1070. The van der Waals surface area contributed by atoms with Crippen molar-refractivity contribution in [1.82, 2.24) is 5.43 Å². The maximum Gasteiger partial charge on any atom is 0.293 e. The summed E-state index contributed by atoms with van der Waals surface area (Å²) in [4.78, 5) is 38.1. The molecule has 0 saturated carbocycles. The first-order valence-corrected chi connectivity index (χ1v) is 9.88. The quantitative estimate of drug-likeness (QED) is 0.309. The lowest BCUT2D eigenvalue weighted by Gasteiger charge is -2.20. The average molecular weight is 449 g/mol. The number of hydrogen-bond donors (Lipinski definition) is 1. The molecule has 0 spiro atoms. The molecule has 1 saturated heterocycles. The van der Waals surface area contributed by atoms with Crippen molar-refractivity contribution in [2.45, 2.75) is 13.8 Å². The number of carbonyl (C=O) groups excluding carboxylic acids is 2. The summed E-state index contributed by atoms with van der Waals surface area (Å²) in [6, 6.07) is 9.11. The Morgan fingerprint density at radius 2 is 1.80 bits per heavy atom. The third-order valence-electron chi connectivity index (χ3n) is 4.66. The van der Waals surface area contributed by atoms with Gasteiger partial charge < -0.3 is 4.90 Å². The molecule has 3 rings (SSSR count). The van der Waals surface area contributed by atoms with Gasteiger partial charge in [-0.15, -0.1) is 0 Å². The van der Waals surface area contributed by atoms with E-state index in [0.29, 0.717) is 35.1 Å². The Morgan fingerprint density at radius 1 is 1.10 bits per heavy atom. The molecular weight excluding hydrogens is 431 g/mol. The van der Waals surface area contributed by atoms with Crippen LogP contribution in [0.25, 0.3) is 6.08 Å².